The summed E-state index contributed by atoms with van der Waals surface area (Å²) in [5, 5.41) is 6.59. The molecule has 0 spiro atoms. The first-order valence-corrected chi connectivity index (χ1v) is 7.67. The topological polar surface area (TPSA) is 55.1 Å². The smallest absolute Gasteiger partial charge is 0.251 e. The predicted molar refractivity (Wildman–Crippen MR) is 87.2 cm³/mol. The molecule has 0 aliphatic rings. The Bertz CT molecular complexity index is 831. The number of nitrogens with zero attached hydrogens (tertiary/aromatic N) is 1. The molecule has 1 heterocycles. The summed E-state index contributed by atoms with van der Waals surface area (Å²) < 4.78 is 19.7. The van der Waals surface area contributed by atoms with Crippen molar-refractivity contribution in [1.82, 2.24) is 10.5 Å². The van der Waals surface area contributed by atoms with E-state index in [9.17, 15) is 9.18 Å². The summed E-state index contributed by atoms with van der Waals surface area (Å²) in [5.41, 5.74) is 1.41. The van der Waals surface area contributed by atoms with Crippen molar-refractivity contribution in [2.45, 2.75) is 6.54 Å². The van der Waals surface area contributed by atoms with Gasteiger partial charge in [0.05, 0.1) is 12.1 Å². The van der Waals surface area contributed by atoms with Gasteiger partial charge in [-0.25, -0.2) is 4.39 Å². The Balaban J connectivity index is 1.67. The van der Waals surface area contributed by atoms with Gasteiger partial charge in [0, 0.05) is 16.1 Å². The van der Waals surface area contributed by atoms with Crippen LogP contribution in [0.2, 0.25) is 0 Å². The maximum absolute atomic E-state index is 13.7. The van der Waals surface area contributed by atoms with Gasteiger partial charge in [-0.15, -0.1) is 0 Å². The molecule has 6 heteroatoms. The Morgan fingerprint density at radius 3 is 2.65 bits per heavy atom. The van der Waals surface area contributed by atoms with Gasteiger partial charge in [-0.3, -0.25) is 4.79 Å². The maximum Gasteiger partial charge on any atom is 0.251 e. The SMILES string of the molecule is O=C(NCc1cc(-c2ccccc2F)on1)c1ccc(Br)cc1. The van der Waals surface area contributed by atoms with E-state index < -0.39 is 0 Å². The molecule has 1 N–H and O–H groups in total. The first kappa shape index (κ1) is 15.4. The van der Waals surface area contributed by atoms with Gasteiger partial charge in [0.25, 0.3) is 5.91 Å². The average Bonchev–Trinajstić information content (AvgIpc) is 3.02. The number of amides is 1. The standard InChI is InChI=1S/C17H12BrFN2O2/c18-12-7-5-11(6-8-12)17(22)20-10-13-9-16(23-21-13)14-3-1-2-4-15(14)19/h1-9H,10H2,(H,20,22). The molecule has 0 radical (unpaired) electrons. The van der Waals surface area contributed by atoms with Crippen LogP contribution in [-0.4, -0.2) is 11.1 Å². The Hall–Kier alpha value is -2.47. The fourth-order valence-electron chi connectivity index (χ4n) is 2.06. The van der Waals surface area contributed by atoms with Crippen molar-refractivity contribution in [3.8, 4) is 11.3 Å². The molecule has 4 nitrogen and oxygen atoms in total. The zero-order chi connectivity index (χ0) is 16.2. The predicted octanol–water partition coefficient (Wildman–Crippen LogP) is 4.17. The van der Waals surface area contributed by atoms with Crippen molar-refractivity contribution in [2.24, 2.45) is 0 Å². The second-order valence-corrected chi connectivity index (χ2v) is 5.77. The third kappa shape index (κ3) is 3.65. The Kier molecular flexibility index (Phi) is 4.52. The lowest BCUT2D eigenvalue weighted by atomic mass is 10.1. The first-order chi connectivity index (χ1) is 11.1. The van der Waals surface area contributed by atoms with Crippen LogP contribution in [0.15, 0.2) is 63.6 Å². The van der Waals surface area contributed by atoms with Crippen LogP contribution < -0.4 is 5.32 Å². The Morgan fingerprint density at radius 1 is 1.17 bits per heavy atom. The van der Waals surface area contributed by atoms with Gasteiger partial charge in [-0.05, 0) is 36.4 Å². The van der Waals surface area contributed by atoms with Gasteiger partial charge in [0.1, 0.15) is 11.5 Å². The maximum atomic E-state index is 13.7. The highest BCUT2D eigenvalue weighted by atomic mass is 79.9. The highest BCUT2D eigenvalue weighted by Crippen LogP contribution is 2.23. The molecule has 0 unspecified atom stereocenters. The third-order valence-corrected chi connectivity index (χ3v) is 3.76. The molecule has 3 rings (SSSR count). The monoisotopic (exact) mass is 374 g/mol. The van der Waals surface area contributed by atoms with E-state index in [1.54, 1.807) is 48.5 Å². The molecule has 0 aliphatic heterocycles. The number of nitrogens with one attached hydrogen (secondary N) is 1. The van der Waals surface area contributed by atoms with Crippen molar-refractivity contribution >= 4 is 21.8 Å². The number of hydrogen-bond acceptors (Lipinski definition) is 3. The first-order valence-electron chi connectivity index (χ1n) is 6.88. The number of hydrogen-bond donors (Lipinski definition) is 1. The number of halogens is 2. The molecule has 0 saturated carbocycles. The summed E-state index contributed by atoms with van der Waals surface area (Å²) in [7, 11) is 0. The summed E-state index contributed by atoms with van der Waals surface area (Å²) >= 11 is 3.32. The highest BCUT2D eigenvalue weighted by Gasteiger charge is 2.12. The molecular formula is C17H12BrFN2O2. The summed E-state index contributed by atoms with van der Waals surface area (Å²) in [5.74, 6) is -0.266. The quantitative estimate of drug-likeness (QED) is 0.745. The van der Waals surface area contributed by atoms with Gasteiger partial charge in [0.15, 0.2) is 5.76 Å². The van der Waals surface area contributed by atoms with Crippen LogP contribution in [0.25, 0.3) is 11.3 Å². The van der Waals surface area contributed by atoms with E-state index in [0.717, 1.165) is 4.47 Å². The molecule has 0 saturated heterocycles. The van der Waals surface area contributed by atoms with Gasteiger partial charge in [-0.2, -0.15) is 0 Å². The summed E-state index contributed by atoms with van der Waals surface area (Å²) in [6.45, 7) is 0.201. The minimum absolute atomic E-state index is 0.201. The fraction of sp³-hybridized carbons (Fsp3) is 0.0588. The molecule has 3 aromatic rings. The van der Waals surface area contributed by atoms with Gasteiger partial charge >= 0.3 is 0 Å². The summed E-state index contributed by atoms with van der Waals surface area (Å²) in [6.07, 6.45) is 0. The number of carbonyl (C=O) groups is 1. The second kappa shape index (κ2) is 6.75. The van der Waals surface area contributed by atoms with Crippen molar-refractivity contribution < 1.29 is 13.7 Å². The molecule has 116 valence electrons. The van der Waals surface area contributed by atoms with Crippen LogP contribution in [0.3, 0.4) is 0 Å². The summed E-state index contributed by atoms with van der Waals surface area (Å²) in [6, 6.07) is 14.9. The van der Waals surface area contributed by atoms with E-state index in [4.69, 9.17) is 4.52 Å². The lowest BCUT2D eigenvalue weighted by Gasteiger charge is -2.02. The van der Waals surface area contributed by atoms with Crippen LogP contribution in [0, 0.1) is 5.82 Å². The van der Waals surface area contributed by atoms with E-state index in [1.165, 1.54) is 6.07 Å². The number of aromatic nitrogens is 1. The van der Waals surface area contributed by atoms with E-state index in [0.29, 0.717) is 22.6 Å². The van der Waals surface area contributed by atoms with E-state index in [2.05, 4.69) is 26.4 Å². The van der Waals surface area contributed by atoms with E-state index in [1.807, 2.05) is 0 Å². The number of benzene rings is 2. The highest BCUT2D eigenvalue weighted by molar-refractivity contribution is 9.10. The van der Waals surface area contributed by atoms with Crippen LogP contribution in [0.1, 0.15) is 16.1 Å². The van der Waals surface area contributed by atoms with Crippen LogP contribution in [0.4, 0.5) is 4.39 Å². The normalized spacial score (nSPS) is 10.5. The molecule has 1 aromatic heterocycles. The Labute approximate surface area is 140 Å². The van der Waals surface area contributed by atoms with Crippen molar-refractivity contribution in [1.29, 1.82) is 0 Å². The minimum Gasteiger partial charge on any atom is -0.356 e. The average molecular weight is 375 g/mol. The van der Waals surface area contributed by atoms with E-state index in [-0.39, 0.29) is 18.3 Å². The molecule has 2 aromatic carbocycles. The van der Waals surface area contributed by atoms with E-state index >= 15 is 0 Å². The molecule has 0 aliphatic carbocycles. The fourth-order valence-corrected chi connectivity index (χ4v) is 2.32. The summed E-state index contributed by atoms with van der Waals surface area (Å²) in [4.78, 5) is 12.0. The molecule has 0 fully saturated rings. The van der Waals surface area contributed by atoms with Crippen LogP contribution in [0.5, 0.6) is 0 Å². The van der Waals surface area contributed by atoms with Crippen molar-refractivity contribution in [3.05, 3.63) is 76.1 Å². The molecule has 0 atom stereocenters. The molecule has 23 heavy (non-hydrogen) atoms. The lowest BCUT2D eigenvalue weighted by Crippen LogP contribution is -2.22. The molecular weight excluding hydrogens is 363 g/mol. The Morgan fingerprint density at radius 2 is 1.91 bits per heavy atom. The zero-order valence-corrected chi connectivity index (χ0v) is 13.5. The van der Waals surface area contributed by atoms with Crippen molar-refractivity contribution in [3.63, 3.8) is 0 Å². The zero-order valence-electron chi connectivity index (χ0n) is 11.9. The second-order valence-electron chi connectivity index (χ2n) is 4.85. The van der Waals surface area contributed by atoms with Gasteiger partial charge in [-0.1, -0.05) is 33.2 Å². The third-order valence-electron chi connectivity index (χ3n) is 3.23. The largest absolute Gasteiger partial charge is 0.356 e. The van der Waals surface area contributed by atoms with Gasteiger partial charge < -0.3 is 9.84 Å². The lowest BCUT2D eigenvalue weighted by molar-refractivity contribution is 0.0950. The number of carbonyl (C=O) groups excluding carboxylic acids is 1. The number of rotatable bonds is 4. The molecule has 0 bridgehead atoms. The van der Waals surface area contributed by atoms with Crippen LogP contribution >= 0.6 is 15.9 Å². The minimum atomic E-state index is -0.380. The molecule has 1 amide bonds. The van der Waals surface area contributed by atoms with Gasteiger partial charge in [0.2, 0.25) is 0 Å². The van der Waals surface area contributed by atoms with Crippen LogP contribution in [-0.2, 0) is 6.54 Å². The van der Waals surface area contributed by atoms with Crippen molar-refractivity contribution in [2.75, 3.05) is 0 Å².